The van der Waals surface area contributed by atoms with Gasteiger partial charge in [0, 0.05) is 0 Å². The molecule has 1 fully saturated rings. The van der Waals surface area contributed by atoms with Gasteiger partial charge in [0.25, 0.3) is 0 Å². The van der Waals surface area contributed by atoms with Gasteiger partial charge < -0.3 is 14.4 Å². The van der Waals surface area contributed by atoms with Crippen LogP contribution in [0.4, 0.5) is 0 Å². The molecule has 1 heterocycles. The Bertz CT molecular complexity index is 156. The number of nitrogens with one attached hydrogen (secondary N) is 2. The summed E-state index contributed by atoms with van der Waals surface area (Å²) < 4.78 is 0. The summed E-state index contributed by atoms with van der Waals surface area (Å²) in [6, 6.07) is -0.812. The molecule has 5 heteroatoms. The second-order valence-electron chi connectivity index (χ2n) is 2.67. The van der Waals surface area contributed by atoms with E-state index in [1.807, 2.05) is 0 Å². The van der Waals surface area contributed by atoms with Gasteiger partial charge in [-0.1, -0.05) is 0 Å². The van der Waals surface area contributed by atoms with E-state index in [0.717, 1.165) is 0 Å². The van der Waals surface area contributed by atoms with Gasteiger partial charge in [0.2, 0.25) is 0 Å². The SMILES string of the molecule is O=CC1CC(C=O)NC(C=O)N1. The first-order chi connectivity index (χ1) is 5.80. The van der Waals surface area contributed by atoms with E-state index in [0.29, 0.717) is 25.3 Å². The highest BCUT2D eigenvalue weighted by Crippen LogP contribution is 2.01. The molecule has 2 unspecified atom stereocenters. The van der Waals surface area contributed by atoms with Crippen LogP contribution in [0.1, 0.15) is 6.42 Å². The predicted molar refractivity (Wildman–Crippen MR) is 40.4 cm³/mol. The Kier molecular flexibility index (Phi) is 3.07. The summed E-state index contributed by atoms with van der Waals surface area (Å²) in [6.07, 6.45) is 1.84. The molecule has 1 aliphatic heterocycles. The van der Waals surface area contributed by atoms with Gasteiger partial charge in [-0.3, -0.25) is 10.6 Å². The van der Waals surface area contributed by atoms with Crippen molar-refractivity contribution in [2.24, 2.45) is 0 Å². The Balaban J connectivity index is 2.57. The zero-order valence-corrected chi connectivity index (χ0v) is 6.40. The molecule has 0 spiro atoms. The van der Waals surface area contributed by atoms with E-state index in [1.165, 1.54) is 0 Å². The maximum absolute atomic E-state index is 10.4. The second-order valence-corrected chi connectivity index (χ2v) is 2.67. The third-order valence-electron chi connectivity index (χ3n) is 1.76. The average molecular weight is 170 g/mol. The third kappa shape index (κ3) is 1.96. The highest BCUT2D eigenvalue weighted by molar-refractivity contribution is 5.67. The molecular formula is C7H10N2O3. The lowest BCUT2D eigenvalue weighted by molar-refractivity contribution is -0.116. The van der Waals surface area contributed by atoms with Gasteiger partial charge in [0.05, 0.1) is 12.1 Å². The number of rotatable bonds is 3. The Morgan fingerprint density at radius 2 is 1.42 bits per heavy atom. The Hall–Kier alpha value is -1.07. The van der Waals surface area contributed by atoms with E-state index in [1.54, 1.807) is 0 Å². The molecule has 0 radical (unpaired) electrons. The molecule has 2 atom stereocenters. The van der Waals surface area contributed by atoms with Crippen molar-refractivity contribution in [3.05, 3.63) is 0 Å². The third-order valence-corrected chi connectivity index (χ3v) is 1.76. The Morgan fingerprint density at radius 3 is 1.75 bits per heavy atom. The highest BCUT2D eigenvalue weighted by Gasteiger charge is 2.26. The molecule has 12 heavy (non-hydrogen) atoms. The largest absolute Gasteiger partial charge is 0.302 e. The summed E-state index contributed by atoms with van der Waals surface area (Å²) in [5.41, 5.74) is 0. The summed E-state index contributed by atoms with van der Waals surface area (Å²) in [6.45, 7) is 0. The van der Waals surface area contributed by atoms with Crippen LogP contribution in [0.5, 0.6) is 0 Å². The molecule has 1 saturated heterocycles. The van der Waals surface area contributed by atoms with Crippen molar-refractivity contribution in [2.45, 2.75) is 24.7 Å². The molecule has 0 amide bonds. The minimum absolute atomic E-state index is 0.400. The smallest absolute Gasteiger partial charge is 0.151 e. The number of hydrogen-bond acceptors (Lipinski definition) is 5. The minimum atomic E-state index is -0.593. The molecule has 1 aliphatic rings. The van der Waals surface area contributed by atoms with E-state index < -0.39 is 18.2 Å². The quantitative estimate of drug-likeness (QED) is 0.490. The summed E-state index contributed by atoms with van der Waals surface area (Å²) >= 11 is 0. The van der Waals surface area contributed by atoms with Crippen LogP contribution in [0.15, 0.2) is 0 Å². The van der Waals surface area contributed by atoms with Crippen molar-refractivity contribution in [3.8, 4) is 0 Å². The number of carbonyl (C=O) groups is 3. The van der Waals surface area contributed by atoms with Gasteiger partial charge in [-0.25, -0.2) is 0 Å². The highest BCUT2D eigenvalue weighted by atomic mass is 16.1. The molecule has 0 bridgehead atoms. The van der Waals surface area contributed by atoms with Crippen LogP contribution in [0.25, 0.3) is 0 Å². The van der Waals surface area contributed by atoms with Crippen molar-refractivity contribution in [3.63, 3.8) is 0 Å². The van der Waals surface area contributed by atoms with Crippen molar-refractivity contribution >= 4 is 18.9 Å². The van der Waals surface area contributed by atoms with Crippen LogP contribution in [-0.4, -0.2) is 37.1 Å². The van der Waals surface area contributed by atoms with Crippen molar-refractivity contribution in [1.29, 1.82) is 0 Å². The van der Waals surface area contributed by atoms with E-state index >= 15 is 0 Å². The number of hydrogen-bond donors (Lipinski definition) is 2. The summed E-state index contributed by atoms with van der Waals surface area (Å²) in [5.74, 6) is 0. The Morgan fingerprint density at radius 1 is 0.917 bits per heavy atom. The first kappa shape index (κ1) is 9.02. The van der Waals surface area contributed by atoms with Gasteiger partial charge in [-0.2, -0.15) is 0 Å². The zero-order chi connectivity index (χ0) is 8.97. The lowest BCUT2D eigenvalue weighted by Crippen LogP contribution is -2.59. The number of carbonyl (C=O) groups excluding carboxylic acids is 3. The number of aldehydes is 3. The zero-order valence-electron chi connectivity index (χ0n) is 6.40. The fourth-order valence-electron chi connectivity index (χ4n) is 1.19. The van der Waals surface area contributed by atoms with E-state index in [2.05, 4.69) is 10.6 Å². The summed E-state index contributed by atoms with van der Waals surface area (Å²) in [5, 5.41) is 5.42. The minimum Gasteiger partial charge on any atom is -0.302 e. The average Bonchev–Trinajstić information content (AvgIpc) is 2.16. The van der Waals surface area contributed by atoms with Crippen LogP contribution >= 0.6 is 0 Å². The maximum Gasteiger partial charge on any atom is 0.151 e. The van der Waals surface area contributed by atoms with Crippen LogP contribution in [0.3, 0.4) is 0 Å². The van der Waals surface area contributed by atoms with E-state index in [4.69, 9.17) is 0 Å². The van der Waals surface area contributed by atoms with Crippen molar-refractivity contribution < 1.29 is 14.4 Å². The Labute approximate surface area is 69.5 Å². The molecule has 5 nitrogen and oxygen atoms in total. The van der Waals surface area contributed by atoms with Crippen molar-refractivity contribution in [1.82, 2.24) is 10.6 Å². The lowest BCUT2D eigenvalue weighted by atomic mass is 10.1. The topological polar surface area (TPSA) is 75.3 Å². The van der Waals surface area contributed by atoms with Crippen LogP contribution in [0, 0.1) is 0 Å². The summed E-state index contributed by atoms with van der Waals surface area (Å²) in [7, 11) is 0. The van der Waals surface area contributed by atoms with Gasteiger partial charge in [-0.05, 0) is 6.42 Å². The van der Waals surface area contributed by atoms with Crippen LogP contribution in [0.2, 0.25) is 0 Å². The lowest BCUT2D eigenvalue weighted by Gasteiger charge is -2.29. The van der Waals surface area contributed by atoms with Crippen molar-refractivity contribution in [2.75, 3.05) is 0 Å². The molecule has 0 aromatic rings. The fraction of sp³-hybridized carbons (Fsp3) is 0.571. The molecule has 0 aliphatic carbocycles. The molecule has 0 aromatic heterocycles. The van der Waals surface area contributed by atoms with E-state index in [9.17, 15) is 14.4 Å². The standard InChI is InChI=1S/C7H10N2O3/c10-2-5-1-6(3-11)9-7(4-12)8-5/h2-9H,1H2. The molecule has 0 aromatic carbocycles. The first-order valence-corrected chi connectivity index (χ1v) is 3.68. The second kappa shape index (κ2) is 4.08. The van der Waals surface area contributed by atoms with Gasteiger partial charge in [0.15, 0.2) is 6.29 Å². The molecule has 0 saturated carbocycles. The first-order valence-electron chi connectivity index (χ1n) is 3.68. The predicted octanol–water partition coefficient (Wildman–Crippen LogP) is -1.77. The van der Waals surface area contributed by atoms with Gasteiger partial charge >= 0.3 is 0 Å². The molecular weight excluding hydrogens is 160 g/mol. The van der Waals surface area contributed by atoms with Gasteiger partial charge in [0.1, 0.15) is 18.7 Å². The monoisotopic (exact) mass is 170 g/mol. The van der Waals surface area contributed by atoms with E-state index in [-0.39, 0.29) is 0 Å². The normalized spacial score (nSPS) is 35.5. The van der Waals surface area contributed by atoms with Crippen LogP contribution in [-0.2, 0) is 14.4 Å². The van der Waals surface area contributed by atoms with Gasteiger partial charge in [-0.15, -0.1) is 0 Å². The fourth-order valence-corrected chi connectivity index (χ4v) is 1.19. The molecule has 66 valence electrons. The summed E-state index contributed by atoms with van der Waals surface area (Å²) in [4.78, 5) is 31.0. The molecule has 1 rings (SSSR count). The van der Waals surface area contributed by atoms with Crippen LogP contribution < -0.4 is 10.6 Å². The maximum atomic E-state index is 10.4. The molecule has 2 N–H and O–H groups in total.